The molecule has 1 heterocycles. The minimum absolute atomic E-state index is 0.249. The predicted octanol–water partition coefficient (Wildman–Crippen LogP) is 1.14. The first-order valence-corrected chi connectivity index (χ1v) is 6.75. The topological polar surface area (TPSA) is 55.6 Å². The van der Waals surface area contributed by atoms with E-state index in [1.807, 2.05) is 4.90 Å². The monoisotopic (exact) mass is 240 g/mol. The fourth-order valence-corrected chi connectivity index (χ4v) is 2.92. The van der Waals surface area contributed by atoms with Gasteiger partial charge in [-0.2, -0.15) is 0 Å². The number of carbonyl (C=O) groups is 1. The molecule has 2 rings (SSSR count). The molecule has 1 aliphatic heterocycles. The first kappa shape index (κ1) is 12.8. The maximum atomic E-state index is 12.1. The molecule has 2 N–H and O–H groups in total. The maximum Gasteiger partial charge on any atom is 0.222 e. The Labute approximate surface area is 103 Å². The van der Waals surface area contributed by atoms with Gasteiger partial charge in [0.1, 0.15) is 0 Å². The van der Waals surface area contributed by atoms with Crippen molar-refractivity contribution in [3.63, 3.8) is 0 Å². The van der Waals surface area contributed by atoms with E-state index in [-0.39, 0.29) is 6.10 Å². The summed E-state index contributed by atoms with van der Waals surface area (Å²) in [4.78, 5) is 14.1. The lowest BCUT2D eigenvalue weighted by Crippen LogP contribution is -2.33. The molecular weight excluding hydrogens is 216 g/mol. The summed E-state index contributed by atoms with van der Waals surface area (Å²) >= 11 is 0. The quantitative estimate of drug-likeness (QED) is 0.805. The molecule has 0 aromatic heterocycles. The van der Waals surface area contributed by atoms with Gasteiger partial charge < -0.3 is 15.4 Å². The molecule has 98 valence electrons. The van der Waals surface area contributed by atoms with Crippen LogP contribution in [0.4, 0.5) is 0 Å². The van der Waals surface area contributed by atoms with Crippen molar-refractivity contribution in [2.75, 3.05) is 20.2 Å². The van der Waals surface area contributed by atoms with Gasteiger partial charge in [0, 0.05) is 32.7 Å². The number of hydrogen-bond acceptors (Lipinski definition) is 3. The summed E-state index contributed by atoms with van der Waals surface area (Å²) in [5.74, 6) is 0.869. The van der Waals surface area contributed by atoms with Gasteiger partial charge >= 0.3 is 0 Å². The van der Waals surface area contributed by atoms with Crippen molar-refractivity contribution in [3.8, 4) is 0 Å². The molecule has 0 bridgehead atoms. The van der Waals surface area contributed by atoms with Crippen LogP contribution in [0, 0.1) is 5.92 Å². The Kier molecular flexibility index (Phi) is 4.40. The molecule has 0 radical (unpaired) electrons. The Morgan fingerprint density at radius 1 is 1.29 bits per heavy atom. The van der Waals surface area contributed by atoms with E-state index >= 15 is 0 Å². The van der Waals surface area contributed by atoms with Gasteiger partial charge in [-0.25, -0.2) is 0 Å². The molecule has 1 saturated heterocycles. The fraction of sp³-hybridized carbons (Fsp3) is 0.923. The third-order valence-electron chi connectivity index (χ3n) is 4.19. The number of hydrogen-bond donors (Lipinski definition) is 1. The summed E-state index contributed by atoms with van der Waals surface area (Å²) in [6.45, 7) is 1.64. The highest BCUT2D eigenvalue weighted by Crippen LogP contribution is 2.27. The smallest absolute Gasteiger partial charge is 0.222 e. The van der Waals surface area contributed by atoms with Gasteiger partial charge in [0.15, 0.2) is 0 Å². The second kappa shape index (κ2) is 5.83. The molecule has 0 aromatic rings. The molecule has 4 nitrogen and oxygen atoms in total. The molecular formula is C13H24N2O2. The van der Waals surface area contributed by atoms with Crippen molar-refractivity contribution < 1.29 is 9.53 Å². The first-order chi connectivity index (χ1) is 8.19. The Morgan fingerprint density at radius 3 is 2.59 bits per heavy atom. The zero-order chi connectivity index (χ0) is 12.3. The summed E-state index contributed by atoms with van der Waals surface area (Å²) in [6.07, 6.45) is 6.35. The summed E-state index contributed by atoms with van der Waals surface area (Å²) in [5, 5.41) is 0. The Morgan fingerprint density at radius 2 is 2.00 bits per heavy atom. The van der Waals surface area contributed by atoms with Gasteiger partial charge in [-0.1, -0.05) is 0 Å². The highest BCUT2D eigenvalue weighted by atomic mass is 16.5. The van der Waals surface area contributed by atoms with Crippen LogP contribution in [0.15, 0.2) is 0 Å². The Balaban J connectivity index is 1.74. The summed E-state index contributed by atoms with van der Waals surface area (Å²) in [5.41, 5.74) is 5.87. The van der Waals surface area contributed by atoms with Crippen molar-refractivity contribution in [1.29, 1.82) is 0 Å². The van der Waals surface area contributed by atoms with E-state index in [1.165, 1.54) is 0 Å². The second-order valence-corrected chi connectivity index (χ2v) is 5.47. The number of methoxy groups -OCH3 is 1. The SMILES string of the molecule is COC1CCN(C(=O)CC2CCC(N)CC2)C1. The van der Waals surface area contributed by atoms with E-state index in [1.54, 1.807) is 7.11 Å². The van der Waals surface area contributed by atoms with Gasteiger partial charge in [0.05, 0.1) is 6.10 Å². The summed E-state index contributed by atoms with van der Waals surface area (Å²) < 4.78 is 5.29. The van der Waals surface area contributed by atoms with E-state index in [0.29, 0.717) is 24.3 Å². The van der Waals surface area contributed by atoms with Crippen molar-refractivity contribution in [1.82, 2.24) is 4.90 Å². The molecule has 4 heteroatoms. The standard InChI is InChI=1S/C13H24N2O2/c1-17-12-6-7-15(9-12)13(16)8-10-2-4-11(14)5-3-10/h10-12H,2-9,14H2,1H3. The van der Waals surface area contributed by atoms with Gasteiger partial charge in [0.25, 0.3) is 0 Å². The average molecular weight is 240 g/mol. The number of amides is 1. The van der Waals surface area contributed by atoms with Crippen LogP contribution in [0.3, 0.4) is 0 Å². The largest absolute Gasteiger partial charge is 0.380 e. The number of carbonyl (C=O) groups excluding carboxylic acids is 1. The molecule has 0 spiro atoms. The fourth-order valence-electron chi connectivity index (χ4n) is 2.92. The first-order valence-electron chi connectivity index (χ1n) is 6.75. The average Bonchev–Trinajstić information content (AvgIpc) is 2.81. The highest BCUT2D eigenvalue weighted by molar-refractivity contribution is 5.76. The lowest BCUT2D eigenvalue weighted by Gasteiger charge is -2.27. The van der Waals surface area contributed by atoms with Gasteiger partial charge in [0.2, 0.25) is 5.91 Å². The normalized spacial score (nSPS) is 34.0. The summed E-state index contributed by atoms with van der Waals surface area (Å²) in [6, 6.07) is 0.367. The van der Waals surface area contributed by atoms with Crippen LogP contribution in [-0.2, 0) is 9.53 Å². The molecule has 1 unspecified atom stereocenters. The number of nitrogens with two attached hydrogens (primary N) is 1. The number of ether oxygens (including phenoxy) is 1. The minimum atomic E-state index is 0.249. The molecule has 1 atom stereocenters. The van der Waals surface area contributed by atoms with Gasteiger partial charge in [-0.3, -0.25) is 4.79 Å². The summed E-state index contributed by atoms with van der Waals surface area (Å²) in [7, 11) is 1.72. The third-order valence-corrected chi connectivity index (χ3v) is 4.19. The lowest BCUT2D eigenvalue weighted by atomic mass is 9.84. The van der Waals surface area contributed by atoms with Crippen LogP contribution < -0.4 is 5.73 Å². The van der Waals surface area contributed by atoms with Crippen LogP contribution >= 0.6 is 0 Å². The molecule has 17 heavy (non-hydrogen) atoms. The molecule has 2 aliphatic rings. The van der Waals surface area contributed by atoms with Crippen LogP contribution in [0.2, 0.25) is 0 Å². The molecule has 2 fully saturated rings. The zero-order valence-electron chi connectivity index (χ0n) is 10.7. The van der Waals surface area contributed by atoms with E-state index in [2.05, 4.69) is 0 Å². The highest BCUT2D eigenvalue weighted by Gasteiger charge is 2.28. The van der Waals surface area contributed by atoms with Crippen LogP contribution in [0.5, 0.6) is 0 Å². The maximum absolute atomic E-state index is 12.1. The number of likely N-dealkylation sites (tertiary alicyclic amines) is 1. The zero-order valence-corrected chi connectivity index (χ0v) is 10.7. The molecule has 1 amide bonds. The second-order valence-electron chi connectivity index (χ2n) is 5.47. The predicted molar refractivity (Wildman–Crippen MR) is 66.5 cm³/mol. The molecule has 0 aromatic carbocycles. The van der Waals surface area contributed by atoms with Gasteiger partial charge in [-0.05, 0) is 38.0 Å². The van der Waals surface area contributed by atoms with E-state index in [9.17, 15) is 4.79 Å². The third kappa shape index (κ3) is 3.42. The van der Waals surface area contributed by atoms with Crippen LogP contribution in [0.25, 0.3) is 0 Å². The van der Waals surface area contributed by atoms with Crippen molar-refractivity contribution in [3.05, 3.63) is 0 Å². The van der Waals surface area contributed by atoms with Crippen LogP contribution in [-0.4, -0.2) is 43.2 Å². The molecule has 1 aliphatic carbocycles. The Hall–Kier alpha value is -0.610. The Bertz CT molecular complexity index is 262. The van der Waals surface area contributed by atoms with Crippen molar-refractivity contribution >= 4 is 5.91 Å². The van der Waals surface area contributed by atoms with Crippen molar-refractivity contribution in [2.45, 2.75) is 50.7 Å². The lowest BCUT2D eigenvalue weighted by molar-refractivity contribution is -0.131. The van der Waals surface area contributed by atoms with E-state index in [0.717, 1.165) is 45.2 Å². The van der Waals surface area contributed by atoms with E-state index < -0.39 is 0 Å². The molecule has 1 saturated carbocycles. The van der Waals surface area contributed by atoms with E-state index in [4.69, 9.17) is 10.5 Å². The number of rotatable bonds is 3. The van der Waals surface area contributed by atoms with Crippen LogP contribution in [0.1, 0.15) is 38.5 Å². The van der Waals surface area contributed by atoms with Gasteiger partial charge in [-0.15, -0.1) is 0 Å². The minimum Gasteiger partial charge on any atom is -0.380 e. The number of nitrogens with zero attached hydrogens (tertiary/aromatic N) is 1. The van der Waals surface area contributed by atoms with Crippen molar-refractivity contribution in [2.24, 2.45) is 11.7 Å².